The van der Waals surface area contributed by atoms with E-state index in [2.05, 4.69) is 41.7 Å². The third kappa shape index (κ3) is 2.29. The highest BCUT2D eigenvalue weighted by Gasteiger charge is 2.23. The minimum absolute atomic E-state index is 0.412. The summed E-state index contributed by atoms with van der Waals surface area (Å²) >= 11 is 0. The van der Waals surface area contributed by atoms with Crippen molar-refractivity contribution in [1.82, 2.24) is 0 Å². The highest BCUT2D eigenvalue weighted by atomic mass is 16.5. The van der Waals surface area contributed by atoms with Gasteiger partial charge in [0.25, 0.3) is 0 Å². The van der Waals surface area contributed by atoms with E-state index in [9.17, 15) is 0 Å². The van der Waals surface area contributed by atoms with Crippen LogP contribution in [-0.2, 0) is 19.3 Å². The van der Waals surface area contributed by atoms with Crippen molar-refractivity contribution in [1.29, 1.82) is 0 Å². The van der Waals surface area contributed by atoms with Gasteiger partial charge in [-0.2, -0.15) is 0 Å². The van der Waals surface area contributed by atoms with E-state index in [4.69, 9.17) is 4.74 Å². The molecule has 0 fully saturated rings. The van der Waals surface area contributed by atoms with Crippen molar-refractivity contribution in [3.63, 3.8) is 0 Å². The SMILES string of the molecule is COc1ccc2c(c1)C(Nc1ccc3c(c1)CCC3)CC2. The van der Waals surface area contributed by atoms with Gasteiger partial charge in [0.1, 0.15) is 5.75 Å². The van der Waals surface area contributed by atoms with E-state index < -0.39 is 0 Å². The zero-order valence-electron chi connectivity index (χ0n) is 12.5. The average Bonchev–Trinajstić information content (AvgIpc) is 3.13. The lowest BCUT2D eigenvalue weighted by molar-refractivity contribution is 0.414. The molecular formula is C19H21NO. The highest BCUT2D eigenvalue weighted by Crippen LogP contribution is 2.36. The Morgan fingerprint density at radius 1 is 0.952 bits per heavy atom. The van der Waals surface area contributed by atoms with E-state index in [1.54, 1.807) is 7.11 Å². The summed E-state index contributed by atoms with van der Waals surface area (Å²) in [5.41, 5.74) is 7.18. The number of aryl methyl sites for hydroxylation is 3. The fourth-order valence-electron chi connectivity index (χ4n) is 3.72. The molecule has 4 rings (SSSR count). The lowest BCUT2D eigenvalue weighted by atomic mass is 10.1. The molecule has 2 heteroatoms. The number of fused-ring (bicyclic) bond motifs is 2. The van der Waals surface area contributed by atoms with Crippen LogP contribution in [0.15, 0.2) is 36.4 Å². The lowest BCUT2D eigenvalue weighted by Gasteiger charge is -2.17. The molecule has 2 nitrogen and oxygen atoms in total. The van der Waals surface area contributed by atoms with Gasteiger partial charge < -0.3 is 10.1 Å². The summed E-state index contributed by atoms with van der Waals surface area (Å²) in [6.07, 6.45) is 6.11. The van der Waals surface area contributed by atoms with Crippen LogP contribution in [0, 0.1) is 0 Å². The summed E-state index contributed by atoms with van der Waals surface area (Å²) in [5.74, 6) is 0.955. The van der Waals surface area contributed by atoms with Crippen molar-refractivity contribution in [2.75, 3.05) is 12.4 Å². The van der Waals surface area contributed by atoms with Crippen molar-refractivity contribution < 1.29 is 4.74 Å². The number of hydrogen-bond acceptors (Lipinski definition) is 2. The van der Waals surface area contributed by atoms with Crippen LogP contribution in [-0.4, -0.2) is 7.11 Å². The molecule has 0 radical (unpaired) electrons. The molecule has 2 aromatic carbocycles. The molecule has 1 N–H and O–H groups in total. The number of ether oxygens (including phenoxy) is 1. The third-order valence-corrected chi connectivity index (χ3v) is 4.87. The van der Waals surface area contributed by atoms with E-state index in [0.717, 1.165) is 12.2 Å². The van der Waals surface area contributed by atoms with Gasteiger partial charge >= 0.3 is 0 Å². The Kier molecular flexibility index (Phi) is 3.10. The Labute approximate surface area is 126 Å². The first kappa shape index (κ1) is 12.8. The monoisotopic (exact) mass is 279 g/mol. The fourth-order valence-corrected chi connectivity index (χ4v) is 3.72. The molecule has 2 aliphatic rings. The van der Waals surface area contributed by atoms with Crippen molar-refractivity contribution in [2.24, 2.45) is 0 Å². The number of hydrogen-bond donors (Lipinski definition) is 1. The van der Waals surface area contributed by atoms with Crippen molar-refractivity contribution in [3.8, 4) is 5.75 Å². The van der Waals surface area contributed by atoms with Crippen LogP contribution in [0.25, 0.3) is 0 Å². The minimum atomic E-state index is 0.412. The third-order valence-electron chi connectivity index (χ3n) is 4.87. The predicted octanol–water partition coefficient (Wildman–Crippen LogP) is 4.28. The van der Waals surface area contributed by atoms with Crippen LogP contribution in [0.5, 0.6) is 5.75 Å². The molecule has 0 saturated carbocycles. The zero-order chi connectivity index (χ0) is 14.2. The Morgan fingerprint density at radius 2 is 1.81 bits per heavy atom. The van der Waals surface area contributed by atoms with Crippen LogP contribution in [0.3, 0.4) is 0 Å². The molecule has 0 heterocycles. The molecule has 0 spiro atoms. The standard InChI is InChI=1S/C19H21NO/c1-21-17-9-6-14-7-10-19(18(14)12-17)20-16-8-5-13-3-2-4-15(13)11-16/h5-6,8-9,11-12,19-20H,2-4,7,10H2,1H3. The first-order valence-electron chi connectivity index (χ1n) is 7.88. The second kappa shape index (κ2) is 5.10. The summed E-state index contributed by atoms with van der Waals surface area (Å²) in [6.45, 7) is 0. The molecule has 1 unspecified atom stereocenters. The Balaban J connectivity index is 1.59. The van der Waals surface area contributed by atoms with Gasteiger partial charge in [0, 0.05) is 5.69 Å². The highest BCUT2D eigenvalue weighted by molar-refractivity contribution is 5.53. The summed E-state index contributed by atoms with van der Waals surface area (Å²) in [5, 5.41) is 3.72. The van der Waals surface area contributed by atoms with Crippen LogP contribution < -0.4 is 10.1 Å². The maximum Gasteiger partial charge on any atom is 0.119 e. The smallest absolute Gasteiger partial charge is 0.119 e. The fraction of sp³-hybridized carbons (Fsp3) is 0.368. The minimum Gasteiger partial charge on any atom is -0.497 e. The van der Waals surface area contributed by atoms with Gasteiger partial charge in [0.15, 0.2) is 0 Å². The molecule has 0 bridgehead atoms. The Morgan fingerprint density at radius 3 is 2.71 bits per heavy atom. The largest absolute Gasteiger partial charge is 0.497 e. The van der Waals surface area contributed by atoms with E-state index in [1.165, 1.54) is 53.6 Å². The summed E-state index contributed by atoms with van der Waals surface area (Å²) < 4.78 is 5.37. The van der Waals surface area contributed by atoms with E-state index >= 15 is 0 Å². The van der Waals surface area contributed by atoms with Gasteiger partial charge in [0.2, 0.25) is 0 Å². The predicted molar refractivity (Wildman–Crippen MR) is 86.1 cm³/mol. The van der Waals surface area contributed by atoms with Gasteiger partial charge in [-0.05, 0) is 78.6 Å². The molecule has 0 aliphatic heterocycles. The molecule has 0 amide bonds. The molecule has 0 aromatic heterocycles. The Hall–Kier alpha value is -1.96. The van der Waals surface area contributed by atoms with Crippen molar-refractivity contribution >= 4 is 5.69 Å². The number of benzene rings is 2. The zero-order valence-corrected chi connectivity index (χ0v) is 12.5. The van der Waals surface area contributed by atoms with Crippen LogP contribution in [0.2, 0.25) is 0 Å². The maximum absolute atomic E-state index is 5.37. The number of nitrogens with one attached hydrogen (secondary N) is 1. The molecule has 2 aromatic rings. The van der Waals surface area contributed by atoms with Crippen LogP contribution in [0.1, 0.15) is 41.1 Å². The van der Waals surface area contributed by atoms with E-state index in [0.29, 0.717) is 6.04 Å². The van der Waals surface area contributed by atoms with Crippen LogP contribution >= 0.6 is 0 Å². The Bertz CT molecular complexity index is 677. The van der Waals surface area contributed by atoms with Gasteiger partial charge in [-0.15, -0.1) is 0 Å². The summed E-state index contributed by atoms with van der Waals surface area (Å²) in [4.78, 5) is 0. The van der Waals surface area contributed by atoms with Gasteiger partial charge in [0.05, 0.1) is 13.2 Å². The number of rotatable bonds is 3. The van der Waals surface area contributed by atoms with Gasteiger partial charge in [-0.25, -0.2) is 0 Å². The van der Waals surface area contributed by atoms with Crippen LogP contribution in [0.4, 0.5) is 5.69 Å². The number of anilines is 1. The van der Waals surface area contributed by atoms with Gasteiger partial charge in [-0.1, -0.05) is 12.1 Å². The van der Waals surface area contributed by atoms with Crippen molar-refractivity contribution in [2.45, 2.75) is 38.1 Å². The van der Waals surface area contributed by atoms with E-state index in [-0.39, 0.29) is 0 Å². The number of methoxy groups -OCH3 is 1. The quantitative estimate of drug-likeness (QED) is 0.905. The summed E-state index contributed by atoms with van der Waals surface area (Å²) in [7, 11) is 1.74. The summed E-state index contributed by atoms with van der Waals surface area (Å²) in [6, 6.07) is 13.8. The first-order valence-corrected chi connectivity index (χ1v) is 7.88. The second-order valence-corrected chi connectivity index (χ2v) is 6.14. The maximum atomic E-state index is 5.37. The normalized spacial score (nSPS) is 19.2. The van der Waals surface area contributed by atoms with E-state index in [1.807, 2.05) is 0 Å². The molecular weight excluding hydrogens is 258 g/mol. The molecule has 1 atom stereocenters. The molecule has 0 saturated heterocycles. The first-order chi connectivity index (χ1) is 10.3. The topological polar surface area (TPSA) is 21.3 Å². The molecule has 21 heavy (non-hydrogen) atoms. The average molecular weight is 279 g/mol. The lowest BCUT2D eigenvalue weighted by Crippen LogP contribution is -2.07. The second-order valence-electron chi connectivity index (χ2n) is 6.14. The van der Waals surface area contributed by atoms with Gasteiger partial charge in [-0.3, -0.25) is 0 Å². The molecule has 2 aliphatic carbocycles. The molecule has 108 valence electrons. The van der Waals surface area contributed by atoms with Crippen molar-refractivity contribution in [3.05, 3.63) is 58.7 Å².